The minimum Gasteiger partial charge on any atom is -0.495 e. The molecule has 6 nitrogen and oxygen atoms in total. The fourth-order valence-corrected chi connectivity index (χ4v) is 4.78. The number of benzene rings is 2. The van der Waals surface area contributed by atoms with Gasteiger partial charge in [0.25, 0.3) is 5.91 Å². The molecule has 2 aromatic carbocycles. The van der Waals surface area contributed by atoms with E-state index in [-0.39, 0.29) is 10.8 Å². The second-order valence-corrected chi connectivity index (χ2v) is 8.84. The molecule has 152 valence electrons. The van der Waals surface area contributed by atoms with Gasteiger partial charge in [-0.15, -0.1) is 0 Å². The number of carbonyl (C=O) groups is 1. The van der Waals surface area contributed by atoms with E-state index < -0.39 is 10.0 Å². The second kappa shape index (κ2) is 9.95. The summed E-state index contributed by atoms with van der Waals surface area (Å²) in [6, 6.07) is 11.8. The molecule has 0 spiro atoms. The maximum absolute atomic E-state index is 12.8. The van der Waals surface area contributed by atoms with E-state index in [9.17, 15) is 13.2 Å². The number of sulfonamides is 1. The third-order valence-electron chi connectivity index (χ3n) is 4.29. The third kappa shape index (κ3) is 5.06. The van der Waals surface area contributed by atoms with Crippen LogP contribution in [0.2, 0.25) is 0 Å². The summed E-state index contributed by atoms with van der Waals surface area (Å²) in [5, 5.41) is 2.76. The first-order valence-corrected chi connectivity index (χ1v) is 11.8. The monoisotopic (exact) mass is 422 g/mol. The molecular weight excluding hydrogens is 396 g/mol. The average molecular weight is 423 g/mol. The molecule has 0 atom stereocenters. The summed E-state index contributed by atoms with van der Waals surface area (Å²) >= 11 is 1.71. The van der Waals surface area contributed by atoms with Crippen molar-refractivity contribution in [2.45, 2.75) is 24.5 Å². The van der Waals surface area contributed by atoms with Gasteiger partial charge in [0.1, 0.15) is 5.75 Å². The van der Waals surface area contributed by atoms with Crippen LogP contribution in [0.3, 0.4) is 0 Å². The maximum atomic E-state index is 12.8. The van der Waals surface area contributed by atoms with Crippen molar-refractivity contribution in [3.05, 3.63) is 53.6 Å². The predicted molar refractivity (Wildman–Crippen MR) is 115 cm³/mol. The van der Waals surface area contributed by atoms with Crippen LogP contribution in [-0.4, -0.2) is 45.1 Å². The maximum Gasteiger partial charge on any atom is 0.255 e. The van der Waals surface area contributed by atoms with Crippen molar-refractivity contribution in [2.75, 3.05) is 31.8 Å². The molecule has 8 heteroatoms. The van der Waals surface area contributed by atoms with Gasteiger partial charge in [-0.2, -0.15) is 16.1 Å². The SMILES string of the molecule is CCN(CC)S(=O)(=O)c1ccc(OC)c(NC(=O)c2ccc(CSC)cc2)c1. The zero-order chi connectivity index (χ0) is 20.7. The highest BCUT2D eigenvalue weighted by Crippen LogP contribution is 2.29. The molecule has 0 heterocycles. The molecule has 0 saturated heterocycles. The second-order valence-electron chi connectivity index (χ2n) is 6.04. The molecule has 0 unspecified atom stereocenters. The highest BCUT2D eigenvalue weighted by Gasteiger charge is 2.23. The minimum absolute atomic E-state index is 0.114. The smallest absolute Gasteiger partial charge is 0.255 e. The van der Waals surface area contributed by atoms with Gasteiger partial charge in [-0.25, -0.2) is 8.42 Å². The summed E-state index contributed by atoms with van der Waals surface area (Å²) in [5.74, 6) is 0.943. The Morgan fingerprint density at radius 1 is 1.11 bits per heavy atom. The van der Waals surface area contributed by atoms with Crippen molar-refractivity contribution < 1.29 is 17.9 Å². The Morgan fingerprint density at radius 3 is 2.29 bits per heavy atom. The average Bonchev–Trinajstić information content (AvgIpc) is 2.69. The molecule has 1 N–H and O–H groups in total. The van der Waals surface area contributed by atoms with Crippen LogP contribution < -0.4 is 10.1 Å². The molecule has 0 fully saturated rings. The lowest BCUT2D eigenvalue weighted by Gasteiger charge is -2.19. The fourth-order valence-electron chi connectivity index (χ4n) is 2.77. The normalized spacial score (nSPS) is 11.5. The zero-order valence-corrected chi connectivity index (χ0v) is 18.2. The number of amides is 1. The van der Waals surface area contributed by atoms with Crippen LogP contribution >= 0.6 is 11.8 Å². The number of methoxy groups -OCH3 is 1. The standard InChI is InChI=1S/C20H26N2O4S2/c1-5-22(6-2)28(24,25)17-11-12-19(26-3)18(13-17)21-20(23)16-9-7-15(8-10-16)14-27-4/h7-13H,5-6,14H2,1-4H3,(H,21,23). The number of hydrogen-bond donors (Lipinski definition) is 1. The van der Waals surface area contributed by atoms with Crippen molar-refractivity contribution in [1.82, 2.24) is 4.31 Å². The molecule has 0 aliphatic heterocycles. The molecule has 28 heavy (non-hydrogen) atoms. The van der Waals surface area contributed by atoms with Crippen LogP contribution in [0.5, 0.6) is 5.75 Å². The lowest BCUT2D eigenvalue weighted by molar-refractivity contribution is 0.102. The van der Waals surface area contributed by atoms with E-state index in [4.69, 9.17) is 4.74 Å². The number of nitrogens with one attached hydrogen (secondary N) is 1. The van der Waals surface area contributed by atoms with Crippen LogP contribution in [-0.2, 0) is 15.8 Å². The van der Waals surface area contributed by atoms with Crippen LogP contribution in [0.1, 0.15) is 29.8 Å². The van der Waals surface area contributed by atoms with Crippen LogP contribution in [0, 0.1) is 0 Å². The molecule has 1 amide bonds. The zero-order valence-electron chi connectivity index (χ0n) is 16.6. The first kappa shape index (κ1) is 22.3. The van der Waals surface area contributed by atoms with E-state index in [0.29, 0.717) is 30.1 Å². The Bertz CT molecular complexity index is 908. The quantitative estimate of drug-likeness (QED) is 0.664. The van der Waals surface area contributed by atoms with Gasteiger partial charge in [0.2, 0.25) is 10.0 Å². The number of ether oxygens (including phenoxy) is 1. The number of thioether (sulfide) groups is 1. The molecule has 0 aromatic heterocycles. The largest absolute Gasteiger partial charge is 0.495 e. The Kier molecular flexibility index (Phi) is 7.91. The summed E-state index contributed by atoms with van der Waals surface area (Å²) in [4.78, 5) is 12.7. The van der Waals surface area contributed by atoms with Crippen LogP contribution in [0.4, 0.5) is 5.69 Å². The Morgan fingerprint density at radius 2 is 1.75 bits per heavy atom. The number of rotatable bonds is 9. The van der Waals surface area contributed by atoms with Crippen molar-refractivity contribution in [2.24, 2.45) is 0 Å². The van der Waals surface area contributed by atoms with Crippen molar-refractivity contribution in [3.63, 3.8) is 0 Å². The van der Waals surface area contributed by atoms with Gasteiger partial charge in [0.05, 0.1) is 17.7 Å². The van der Waals surface area contributed by atoms with Crippen LogP contribution in [0.15, 0.2) is 47.4 Å². The Hall–Kier alpha value is -2.03. The Balaban J connectivity index is 2.32. The first-order valence-electron chi connectivity index (χ1n) is 8.94. The van der Waals surface area contributed by atoms with Gasteiger partial charge in [-0.1, -0.05) is 26.0 Å². The highest BCUT2D eigenvalue weighted by molar-refractivity contribution is 7.97. The topological polar surface area (TPSA) is 75.7 Å². The number of carbonyl (C=O) groups excluding carboxylic acids is 1. The van der Waals surface area contributed by atoms with Gasteiger partial charge in [0, 0.05) is 24.4 Å². The molecule has 0 aliphatic carbocycles. The van der Waals surface area contributed by atoms with Gasteiger partial charge in [-0.3, -0.25) is 4.79 Å². The molecule has 0 saturated carbocycles. The summed E-state index contributed by atoms with van der Waals surface area (Å²) in [6.45, 7) is 4.31. The summed E-state index contributed by atoms with van der Waals surface area (Å²) in [5.41, 5.74) is 1.94. The highest BCUT2D eigenvalue weighted by atomic mass is 32.2. The lowest BCUT2D eigenvalue weighted by Crippen LogP contribution is -2.30. The van der Waals surface area contributed by atoms with Gasteiger partial charge in [0.15, 0.2) is 0 Å². The third-order valence-corrected chi connectivity index (χ3v) is 6.96. The number of anilines is 1. The van der Waals surface area contributed by atoms with E-state index >= 15 is 0 Å². The lowest BCUT2D eigenvalue weighted by atomic mass is 10.1. The van der Waals surface area contributed by atoms with E-state index in [2.05, 4.69) is 5.32 Å². The molecule has 2 aromatic rings. The molecule has 0 radical (unpaired) electrons. The first-order chi connectivity index (χ1) is 13.4. The molecule has 2 rings (SSSR count). The van der Waals surface area contributed by atoms with Gasteiger partial charge in [-0.05, 0) is 42.2 Å². The van der Waals surface area contributed by atoms with E-state index in [1.165, 1.54) is 23.5 Å². The van der Waals surface area contributed by atoms with Crippen molar-refractivity contribution >= 4 is 33.4 Å². The number of hydrogen-bond acceptors (Lipinski definition) is 5. The Labute approximate surface area is 171 Å². The van der Waals surface area contributed by atoms with Crippen molar-refractivity contribution in [3.8, 4) is 5.75 Å². The van der Waals surface area contributed by atoms with Crippen molar-refractivity contribution in [1.29, 1.82) is 0 Å². The van der Waals surface area contributed by atoms with E-state index in [0.717, 1.165) is 11.3 Å². The fraction of sp³-hybridized carbons (Fsp3) is 0.350. The van der Waals surface area contributed by atoms with E-state index in [1.54, 1.807) is 43.8 Å². The molecule has 0 aliphatic rings. The van der Waals surface area contributed by atoms with Gasteiger partial charge < -0.3 is 10.1 Å². The van der Waals surface area contributed by atoms with Gasteiger partial charge >= 0.3 is 0 Å². The number of nitrogens with zero attached hydrogens (tertiary/aromatic N) is 1. The summed E-state index contributed by atoms with van der Waals surface area (Å²) in [7, 11) is -2.16. The summed E-state index contributed by atoms with van der Waals surface area (Å²) < 4.78 is 32.2. The summed E-state index contributed by atoms with van der Waals surface area (Å²) in [6.07, 6.45) is 2.02. The molecule has 0 bridgehead atoms. The minimum atomic E-state index is -3.64. The van der Waals surface area contributed by atoms with E-state index in [1.807, 2.05) is 18.4 Å². The predicted octanol–water partition coefficient (Wildman–Crippen LogP) is 3.84. The van der Waals surface area contributed by atoms with Crippen LogP contribution in [0.25, 0.3) is 0 Å². The molecular formula is C20H26N2O4S2.